The SMILES string of the molecule is CCN(Cc1cccs1)C(CN)c1cccc(F)c1F. The van der Waals surface area contributed by atoms with Crippen molar-refractivity contribution >= 4 is 11.3 Å². The molecule has 1 aromatic carbocycles. The highest BCUT2D eigenvalue weighted by Gasteiger charge is 2.22. The number of rotatable bonds is 6. The second kappa shape index (κ2) is 6.92. The molecular formula is C15H18F2N2S. The van der Waals surface area contributed by atoms with E-state index >= 15 is 0 Å². The molecule has 2 N–H and O–H groups in total. The standard InChI is InChI=1S/C15H18F2N2S/c1-2-19(10-11-5-4-8-20-11)14(9-18)12-6-3-7-13(16)15(12)17/h3-8,14H,2,9-10,18H2,1H3. The molecule has 0 spiro atoms. The number of thiophene rings is 1. The Hall–Kier alpha value is -1.30. The molecule has 1 atom stereocenters. The van der Waals surface area contributed by atoms with Crippen molar-refractivity contribution in [3.8, 4) is 0 Å². The molecule has 2 nitrogen and oxygen atoms in total. The van der Waals surface area contributed by atoms with E-state index in [9.17, 15) is 8.78 Å². The van der Waals surface area contributed by atoms with Gasteiger partial charge in [-0.1, -0.05) is 25.1 Å². The van der Waals surface area contributed by atoms with E-state index in [1.807, 2.05) is 24.4 Å². The van der Waals surface area contributed by atoms with Gasteiger partial charge in [0, 0.05) is 23.5 Å². The molecule has 108 valence electrons. The largest absolute Gasteiger partial charge is 0.329 e. The lowest BCUT2D eigenvalue weighted by atomic mass is 10.0. The highest BCUT2D eigenvalue weighted by Crippen LogP contribution is 2.26. The molecule has 1 heterocycles. The van der Waals surface area contributed by atoms with Gasteiger partial charge in [-0.15, -0.1) is 11.3 Å². The van der Waals surface area contributed by atoms with Gasteiger partial charge in [-0.3, -0.25) is 4.90 Å². The van der Waals surface area contributed by atoms with E-state index in [2.05, 4.69) is 4.90 Å². The second-order valence-corrected chi connectivity index (χ2v) is 5.57. The summed E-state index contributed by atoms with van der Waals surface area (Å²) >= 11 is 1.65. The van der Waals surface area contributed by atoms with Gasteiger partial charge in [0.15, 0.2) is 11.6 Å². The minimum Gasteiger partial charge on any atom is -0.329 e. The lowest BCUT2D eigenvalue weighted by Crippen LogP contribution is -2.33. The van der Waals surface area contributed by atoms with Crippen molar-refractivity contribution in [1.29, 1.82) is 0 Å². The molecule has 0 amide bonds. The van der Waals surface area contributed by atoms with E-state index in [1.165, 1.54) is 10.9 Å². The third kappa shape index (κ3) is 3.23. The fraction of sp³-hybridized carbons (Fsp3) is 0.333. The maximum absolute atomic E-state index is 14.0. The molecule has 2 rings (SSSR count). The molecule has 0 saturated carbocycles. The molecule has 0 saturated heterocycles. The third-order valence-electron chi connectivity index (χ3n) is 3.35. The summed E-state index contributed by atoms with van der Waals surface area (Å²) in [5, 5.41) is 2.00. The van der Waals surface area contributed by atoms with Crippen LogP contribution >= 0.6 is 11.3 Å². The second-order valence-electron chi connectivity index (χ2n) is 4.54. The Morgan fingerprint density at radius 2 is 2.05 bits per heavy atom. The van der Waals surface area contributed by atoms with E-state index in [0.717, 1.165) is 12.6 Å². The van der Waals surface area contributed by atoms with Crippen molar-refractivity contribution in [2.24, 2.45) is 5.73 Å². The fourth-order valence-electron chi connectivity index (χ4n) is 2.30. The first kappa shape index (κ1) is 15.1. The summed E-state index contributed by atoms with van der Waals surface area (Å²) < 4.78 is 27.3. The first-order valence-corrected chi connectivity index (χ1v) is 7.45. The maximum atomic E-state index is 14.0. The van der Waals surface area contributed by atoms with Crippen LogP contribution in [0, 0.1) is 11.6 Å². The molecule has 1 unspecified atom stereocenters. The van der Waals surface area contributed by atoms with Crippen molar-refractivity contribution in [3.05, 3.63) is 57.8 Å². The zero-order valence-corrected chi connectivity index (χ0v) is 12.2. The van der Waals surface area contributed by atoms with Crippen molar-refractivity contribution in [2.75, 3.05) is 13.1 Å². The summed E-state index contributed by atoms with van der Waals surface area (Å²) in [6, 6.07) is 7.94. The summed E-state index contributed by atoms with van der Waals surface area (Å²) in [5.74, 6) is -1.62. The lowest BCUT2D eigenvalue weighted by molar-refractivity contribution is 0.200. The summed E-state index contributed by atoms with van der Waals surface area (Å²) in [4.78, 5) is 3.24. The number of hydrogen-bond donors (Lipinski definition) is 1. The molecule has 0 fully saturated rings. The molecular weight excluding hydrogens is 278 g/mol. The molecule has 2 aromatic rings. The van der Waals surface area contributed by atoms with E-state index in [-0.39, 0.29) is 12.6 Å². The van der Waals surface area contributed by atoms with E-state index in [1.54, 1.807) is 17.4 Å². The van der Waals surface area contributed by atoms with Crippen LogP contribution in [0.3, 0.4) is 0 Å². The highest BCUT2D eigenvalue weighted by atomic mass is 32.1. The van der Waals surface area contributed by atoms with Gasteiger partial charge in [-0.25, -0.2) is 8.78 Å². The van der Waals surface area contributed by atoms with Gasteiger partial charge in [0.2, 0.25) is 0 Å². The Bertz CT molecular complexity index is 543. The van der Waals surface area contributed by atoms with Crippen LogP contribution in [0.25, 0.3) is 0 Å². The zero-order valence-electron chi connectivity index (χ0n) is 11.4. The highest BCUT2D eigenvalue weighted by molar-refractivity contribution is 7.09. The van der Waals surface area contributed by atoms with Gasteiger partial charge < -0.3 is 5.73 Å². The number of halogens is 2. The van der Waals surface area contributed by atoms with Crippen LogP contribution in [0.4, 0.5) is 8.78 Å². The van der Waals surface area contributed by atoms with Crippen LogP contribution in [0.5, 0.6) is 0 Å². The lowest BCUT2D eigenvalue weighted by Gasteiger charge is -2.30. The molecule has 0 radical (unpaired) electrons. The molecule has 0 aliphatic rings. The molecule has 0 bridgehead atoms. The molecule has 5 heteroatoms. The average Bonchev–Trinajstić information content (AvgIpc) is 2.96. The van der Waals surface area contributed by atoms with Gasteiger partial charge in [0.1, 0.15) is 0 Å². The number of nitrogens with zero attached hydrogens (tertiary/aromatic N) is 1. The average molecular weight is 296 g/mol. The number of nitrogens with two attached hydrogens (primary N) is 1. The smallest absolute Gasteiger partial charge is 0.163 e. The molecule has 0 aliphatic carbocycles. The normalized spacial score (nSPS) is 12.8. The van der Waals surface area contributed by atoms with Gasteiger partial charge in [0.25, 0.3) is 0 Å². The van der Waals surface area contributed by atoms with Crippen LogP contribution < -0.4 is 5.73 Å². The summed E-state index contributed by atoms with van der Waals surface area (Å²) in [7, 11) is 0. The molecule has 20 heavy (non-hydrogen) atoms. The fourth-order valence-corrected chi connectivity index (χ4v) is 3.03. The first-order valence-electron chi connectivity index (χ1n) is 6.57. The van der Waals surface area contributed by atoms with Crippen molar-refractivity contribution in [2.45, 2.75) is 19.5 Å². The van der Waals surface area contributed by atoms with Gasteiger partial charge >= 0.3 is 0 Å². The summed E-state index contributed by atoms with van der Waals surface area (Å²) in [5.41, 5.74) is 6.13. The Labute approximate surface area is 121 Å². The molecule has 0 aliphatic heterocycles. The number of benzene rings is 1. The Balaban J connectivity index is 2.27. The summed E-state index contributed by atoms with van der Waals surface area (Å²) in [6.07, 6.45) is 0. The van der Waals surface area contributed by atoms with Crippen molar-refractivity contribution in [3.63, 3.8) is 0 Å². The molecule has 1 aromatic heterocycles. The minimum absolute atomic E-state index is 0.250. The Morgan fingerprint density at radius 3 is 2.65 bits per heavy atom. The van der Waals surface area contributed by atoms with Crippen LogP contribution in [-0.2, 0) is 6.54 Å². The third-order valence-corrected chi connectivity index (χ3v) is 4.21. The van der Waals surface area contributed by atoms with Crippen LogP contribution in [-0.4, -0.2) is 18.0 Å². The quantitative estimate of drug-likeness (QED) is 0.883. The van der Waals surface area contributed by atoms with Crippen LogP contribution in [0.1, 0.15) is 23.4 Å². The van der Waals surface area contributed by atoms with Gasteiger partial charge in [-0.2, -0.15) is 0 Å². The van der Waals surface area contributed by atoms with E-state index in [0.29, 0.717) is 12.1 Å². The van der Waals surface area contributed by atoms with Crippen molar-refractivity contribution < 1.29 is 8.78 Å². The Kier molecular flexibility index (Phi) is 5.23. The van der Waals surface area contributed by atoms with Gasteiger partial charge in [0.05, 0.1) is 6.04 Å². The monoisotopic (exact) mass is 296 g/mol. The summed E-state index contributed by atoms with van der Waals surface area (Å²) in [6.45, 7) is 3.65. The van der Waals surface area contributed by atoms with Crippen LogP contribution in [0.2, 0.25) is 0 Å². The zero-order chi connectivity index (χ0) is 14.5. The van der Waals surface area contributed by atoms with Gasteiger partial charge in [-0.05, 0) is 24.1 Å². The van der Waals surface area contributed by atoms with E-state index < -0.39 is 11.6 Å². The van der Waals surface area contributed by atoms with E-state index in [4.69, 9.17) is 5.73 Å². The number of hydrogen-bond acceptors (Lipinski definition) is 3. The number of likely N-dealkylation sites (N-methyl/N-ethyl adjacent to an activating group) is 1. The first-order chi connectivity index (χ1) is 9.67. The predicted molar refractivity (Wildman–Crippen MR) is 78.6 cm³/mol. The topological polar surface area (TPSA) is 29.3 Å². The predicted octanol–water partition coefficient (Wildman–Crippen LogP) is 3.55. The van der Waals surface area contributed by atoms with Crippen molar-refractivity contribution in [1.82, 2.24) is 4.90 Å². The van der Waals surface area contributed by atoms with Crippen LogP contribution in [0.15, 0.2) is 35.7 Å². The maximum Gasteiger partial charge on any atom is 0.163 e. The minimum atomic E-state index is -0.826. The Morgan fingerprint density at radius 1 is 1.25 bits per heavy atom.